The van der Waals surface area contributed by atoms with Crippen molar-refractivity contribution in [2.75, 3.05) is 0 Å². The number of benzene rings is 1. The Morgan fingerprint density at radius 2 is 1.87 bits per heavy atom. The number of aliphatic hydroxyl groups is 1. The molecule has 1 N–H and O–H groups in total. The van der Waals surface area contributed by atoms with E-state index in [0.717, 1.165) is 18.4 Å². The van der Waals surface area contributed by atoms with Crippen molar-refractivity contribution in [3.63, 3.8) is 0 Å². The first kappa shape index (κ1) is 15.6. The molecular weight excluding hydrogens is 351 g/mol. The van der Waals surface area contributed by atoms with Crippen molar-refractivity contribution in [2.24, 2.45) is 17.3 Å². The van der Waals surface area contributed by atoms with E-state index in [-0.39, 0.29) is 26.3 Å². The van der Waals surface area contributed by atoms with Crippen LogP contribution in [0.5, 0.6) is 0 Å². The third kappa shape index (κ3) is 2.21. The SMILES string of the molecule is CC1=C2[C@@H](CC1=O)C[C@]1(O)[C@H]([Se]c3ccccc3)CC(C)(C)[C@H]21. The number of allylic oxidation sites excluding steroid dienone is 1. The first-order valence-electron chi connectivity index (χ1n) is 8.51. The molecule has 0 saturated heterocycles. The summed E-state index contributed by atoms with van der Waals surface area (Å²) in [6.07, 6.45) is 2.47. The summed E-state index contributed by atoms with van der Waals surface area (Å²) in [5.41, 5.74) is 1.72. The van der Waals surface area contributed by atoms with Gasteiger partial charge >= 0.3 is 144 Å². The molecule has 1 aromatic rings. The quantitative estimate of drug-likeness (QED) is 0.808. The average molecular weight is 375 g/mol. The van der Waals surface area contributed by atoms with E-state index in [1.165, 1.54) is 10.0 Å². The van der Waals surface area contributed by atoms with Gasteiger partial charge in [0.25, 0.3) is 0 Å². The fourth-order valence-electron chi connectivity index (χ4n) is 5.36. The predicted molar refractivity (Wildman–Crippen MR) is 92.8 cm³/mol. The second-order valence-corrected chi connectivity index (χ2v) is 10.8. The van der Waals surface area contributed by atoms with Crippen LogP contribution in [0.2, 0.25) is 4.82 Å². The fourth-order valence-corrected chi connectivity index (χ4v) is 8.70. The Kier molecular flexibility index (Phi) is 3.43. The minimum atomic E-state index is -0.610. The Hall–Kier alpha value is -0.891. The molecule has 2 saturated carbocycles. The maximum absolute atomic E-state index is 12.1. The minimum absolute atomic E-state index is 0.0753. The normalized spacial score (nSPS) is 38.1. The van der Waals surface area contributed by atoms with Crippen LogP contribution in [-0.4, -0.2) is 31.4 Å². The van der Waals surface area contributed by atoms with Crippen molar-refractivity contribution in [3.05, 3.63) is 41.5 Å². The van der Waals surface area contributed by atoms with Crippen molar-refractivity contribution in [1.29, 1.82) is 0 Å². The Bertz CT molecular complexity index is 691. The van der Waals surface area contributed by atoms with Gasteiger partial charge in [-0.2, -0.15) is 0 Å². The average Bonchev–Trinajstić information content (AvgIpc) is 2.99. The Morgan fingerprint density at radius 1 is 1.17 bits per heavy atom. The molecule has 0 spiro atoms. The van der Waals surface area contributed by atoms with Crippen molar-refractivity contribution in [1.82, 2.24) is 0 Å². The van der Waals surface area contributed by atoms with E-state index in [0.29, 0.717) is 22.9 Å². The van der Waals surface area contributed by atoms with Crippen LogP contribution in [0.3, 0.4) is 0 Å². The van der Waals surface area contributed by atoms with Gasteiger partial charge in [-0.05, 0) is 0 Å². The van der Waals surface area contributed by atoms with Gasteiger partial charge in [0.1, 0.15) is 0 Å². The van der Waals surface area contributed by atoms with Gasteiger partial charge in [-0.25, -0.2) is 0 Å². The summed E-state index contributed by atoms with van der Waals surface area (Å²) in [5, 5.41) is 11.7. The summed E-state index contributed by atoms with van der Waals surface area (Å²) in [6.45, 7) is 6.56. The molecule has 0 aliphatic heterocycles. The number of ketones is 1. The molecular formula is C20H24O2Se. The Balaban J connectivity index is 1.73. The van der Waals surface area contributed by atoms with Gasteiger partial charge in [-0.3, -0.25) is 0 Å². The zero-order valence-corrected chi connectivity index (χ0v) is 15.7. The number of fused-ring (bicyclic) bond motifs is 3. The number of rotatable bonds is 2. The van der Waals surface area contributed by atoms with Crippen LogP contribution in [0, 0.1) is 17.3 Å². The van der Waals surface area contributed by atoms with Crippen LogP contribution in [0.25, 0.3) is 0 Å². The van der Waals surface area contributed by atoms with Gasteiger partial charge < -0.3 is 0 Å². The fraction of sp³-hybridized carbons (Fsp3) is 0.550. The second-order valence-electron chi connectivity index (χ2n) is 8.15. The molecule has 3 heteroatoms. The van der Waals surface area contributed by atoms with Crippen LogP contribution in [0.4, 0.5) is 0 Å². The van der Waals surface area contributed by atoms with Crippen LogP contribution in [-0.2, 0) is 4.79 Å². The molecule has 3 aliphatic rings. The monoisotopic (exact) mass is 376 g/mol. The van der Waals surface area contributed by atoms with E-state index >= 15 is 0 Å². The number of carbonyl (C=O) groups is 1. The van der Waals surface area contributed by atoms with Crippen molar-refractivity contribution in [2.45, 2.75) is 50.5 Å². The zero-order valence-electron chi connectivity index (χ0n) is 14.0. The molecule has 2 fully saturated rings. The summed E-state index contributed by atoms with van der Waals surface area (Å²) >= 11 is 0.277. The first-order valence-corrected chi connectivity index (χ1v) is 10.4. The van der Waals surface area contributed by atoms with E-state index in [1.54, 1.807) is 0 Å². The van der Waals surface area contributed by atoms with Gasteiger partial charge in [0.2, 0.25) is 0 Å². The summed E-state index contributed by atoms with van der Waals surface area (Å²) < 4.78 is 1.37. The van der Waals surface area contributed by atoms with E-state index in [1.807, 2.05) is 6.92 Å². The molecule has 4 atom stereocenters. The van der Waals surface area contributed by atoms with Crippen LogP contribution in [0.15, 0.2) is 41.5 Å². The van der Waals surface area contributed by atoms with Gasteiger partial charge in [0, 0.05) is 0 Å². The molecule has 0 heterocycles. The second kappa shape index (κ2) is 5.05. The molecule has 1 aromatic carbocycles. The maximum atomic E-state index is 12.1. The third-order valence-electron chi connectivity index (χ3n) is 6.18. The molecule has 3 aliphatic carbocycles. The van der Waals surface area contributed by atoms with Crippen LogP contribution >= 0.6 is 0 Å². The molecule has 4 rings (SSSR count). The third-order valence-corrected chi connectivity index (χ3v) is 9.12. The molecule has 0 bridgehead atoms. The molecule has 0 radical (unpaired) electrons. The van der Waals surface area contributed by atoms with Crippen molar-refractivity contribution >= 4 is 25.2 Å². The zero-order chi connectivity index (χ0) is 16.4. The standard InChI is InChI=1S/C20H24O2Se/c1-12-15(21)9-13-10-20(22)16(23-14-7-5-4-6-8-14)11-19(2,3)18(20)17(12)13/h4-8,13,16,18,22H,9-11H2,1-3H3/t13-,16+,18-,20-/m0/s1. The molecule has 23 heavy (non-hydrogen) atoms. The van der Waals surface area contributed by atoms with Gasteiger partial charge in [-0.15, -0.1) is 0 Å². The van der Waals surface area contributed by atoms with Crippen molar-refractivity contribution in [3.8, 4) is 0 Å². The van der Waals surface area contributed by atoms with E-state index in [4.69, 9.17) is 0 Å². The summed E-state index contributed by atoms with van der Waals surface area (Å²) in [4.78, 5) is 12.5. The Labute approximate surface area is 144 Å². The van der Waals surface area contributed by atoms with Crippen LogP contribution in [0.1, 0.15) is 40.0 Å². The summed E-state index contributed by atoms with van der Waals surface area (Å²) in [7, 11) is 0. The van der Waals surface area contributed by atoms with Crippen LogP contribution < -0.4 is 4.46 Å². The van der Waals surface area contributed by atoms with Gasteiger partial charge in [-0.1, -0.05) is 0 Å². The predicted octanol–water partition coefficient (Wildman–Crippen LogP) is 2.89. The topological polar surface area (TPSA) is 37.3 Å². The number of hydrogen-bond donors (Lipinski definition) is 1. The first-order chi connectivity index (χ1) is 10.8. The van der Waals surface area contributed by atoms with Crippen molar-refractivity contribution < 1.29 is 9.90 Å². The van der Waals surface area contributed by atoms with Gasteiger partial charge in [0.15, 0.2) is 0 Å². The van der Waals surface area contributed by atoms with Gasteiger partial charge in [0.05, 0.1) is 0 Å². The number of Topliss-reactive ketones (excluding diaryl/α,β-unsaturated/α-hetero) is 1. The van der Waals surface area contributed by atoms with E-state index in [2.05, 4.69) is 44.2 Å². The Morgan fingerprint density at radius 3 is 2.57 bits per heavy atom. The molecule has 0 unspecified atom stereocenters. The molecule has 122 valence electrons. The summed E-state index contributed by atoms with van der Waals surface area (Å²) in [5.74, 6) is 0.771. The number of hydrogen-bond acceptors (Lipinski definition) is 2. The molecule has 2 nitrogen and oxygen atoms in total. The molecule has 0 aromatic heterocycles. The van der Waals surface area contributed by atoms with E-state index < -0.39 is 5.60 Å². The molecule has 0 amide bonds. The number of carbonyl (C=O) groups excluding carboxylic acids is 1. The summed E-state index contributed by atoms with van der Waals surface area (Å²) in [6, 6.07) is 10.6. The van der Waals surface area contributed by atoms with E-state index in [9.17, 15) is 9.90 Å².